The Balaban J connectivity index is 3.04. The van der Waals surface area contributed by atoms with Crippen molar-refractivity contribution in [2.75, 3.05) is 17.8 Å². The number of anilines is 1. The molecule has 1 aromatic rings. The summed E-state index contributed by atoms with van der Waals surface area (Å²) in [6, 6.07) is 3.64. The highest BCUT2D eigenvalue weighted by atomic mass is 32.2. The lowest BCUT2D eigenvalue weighted by Gasteiger charge is -2.19. The summed E-state index contributed by atoms with van der Waals surface area (Å²) in [7, 11) is -3.77. The fourth-order valence-corrected chi connectivity index (χ4v) is 2.78. The third-order valence-electron chi connectivity index (χ3n) is 2.56. The van der Waals surface area contributed by atoms with Crippen molar-refractivity contribution in [3.05, 3.63) is 29.6 Å². The summed E-state index contributed by atoms with van der Waals surface area (Å²) in [5.41, 5.74) is 5.25. The van der Waals surface area contributed by atoms with Gasteiger partial charge >= 0.3 is 10.2 Å². The normalized spacial score (nSPS) is 11.6. The van der Waals surface area contributed by atoms with E-state index < -0.39 is 16.0 Å². The van der Waals surface area contributed by atoms with E-state index in [1.54, 1.807) is 13.8 Å². The Bertz CT molecular complexity index is 570. The molecule has 0 aliphatic heterocycles. The summed E-state index contributed by atoms with van der Waals surface area (Å²) >= 11 is 0. The van der Waals surface area contributed by atoms with Crippen molar-refractivity contribution in [2.45, 2.75) is 13.8 Å². The number of benzene rings is 1. The molecule has 19 heavy (non-hydrogen) atoms. The van der Waals surface area contributed by atoms with E-state index in [0.29, 0.717) is 13.1 Å². The number of halogens is 1. The van der Waals surface area contributed by atoms with Crippen molar-refractivity contribution in [3.8, 4) is 0 Å². The number of nitrogens with one attached hydrogen (secondary N) is 2. The molecule has 0 fully saturated rings. The highest BCUT2D eigenvalue weighted by molar-refractivity contribution is 7.90. The Labute approximate surface area is 112 Å². The number of amidine groups is 1. The lowest BCUT2D eigenvalue weighted by Crippen LogP contribution is -2.35. The van der Waals surface area contributed by atoms with Crippen LogP contribution in [0.15, 0.2) is 18.2 Å². The van der Waals surface area contributed by atoms with Gasteiger partial charge in [-0.05, 0) is 18.2 Å². The Hall–Kier alpha value is -1.67. The van der Waals surface area contributed by atoms with Crippen molar-refractivity contribution in [1.29, 1.82) is 5.41 Å². The summed E-state index contributed by atoms with van der Waals surface area (Å²) in [6.45, 7) is 3.97. The SMILES string of the molecule is CCN(CC)S(=O)(=O)Nc1ccc(C(=N)N)cc1F. The second kappa shape index (κ2) is 5.98. The zero-order valence-corrected chi connectivity index (χ0v) is 11.6. The smallest absolute Gasteiger partial charge is 0.301 e. The van der Waals surface area contributed by atoms with Gasteiger partial charge in [-0.2, -0.15) is 12.7 Å². The van der Waals surface area contributed by atoms with Gasteiger partial charge in [0.25, 0.3) is 0 Å². The second-order valence-corrected chi connectivity index (χ2v) is 5.47. The number of rotatable bonds is 6. The highest BCUT2D eigenvalue weighted by Crippen LogP contribution is 2.18. The fourth-order valence-electron chi connectivity index (χ4n) is 1.53. The van der Waals surface area contributed by atoms with Crippen LogP contribution >= 0.6 is 0 Å². The molecule has 6 nitrogen and oxygen atoms in total. The Morgan fingerprint density at radius 1 is 1.42 bits per heavy atom. The topological polar surface area (TPSA) is 99.3 Å². The molecule has 0 heterocycles. The molecule has 0 amide bonds. The number of hydrogen-bond acceptors (Lipinski definition) is 3. The lowest BCUT2D eigenvalue weighted by molar-refractivity contribution is 0.449. The molecule has 8 heteroatoms. The molecular weight excluding hydrogens is 271 g/mol. The van der Waals surface area contributed by atoms with Gasteiger partial charge < -0.3 is 5.73 Å². The third-order valence-corrected chi connectivity index (χ3v) is 4.24. The van der Waals surface area contributed by atoms with Crippen molar-refractivity contribution < 1.29 is 12.8 Å². The van der Waals surface area contributed by atoms with Crippen LogP contribution in [0.2, 0.25) is 0 Å². The van der Waals surface area contributed by atoms with Gasteiger partial charge in [-0.25, -0.2) is 4.39 Å². The van der Waals surface area contributed by atoms with Crippen molar-refractivity contribution in [1.82, 2.24) is 4.31 Å². The monoisotopic (exact) mass is 288 g/mol. The number of nitrogens with zero attached hydrogens (tertiary/aromatic N) is 1. The molecule has 0 aliphatic rings. The minimum Gasteiger partial charge on any atom is -0.384 e. The van der Waals surface area contributed by atoms with Gasteiger partial charge in [0.2, 0.25) is 0 Å². The van der Waals surface area contributed by atoms with Crippen LogP contribution in [-0.2, 0) is 10.2 Å². The van der Waals surface area contributed by atoms with Gasteiger partial charge in [-0.3, -0.25) is 10.1 Å². The van der Waals surface area contributed by atoms with E-state index in [-0.39, 0.29) is 17.1 Å². The maximum absolute atomic E-state index is 13.7. The first-order valence-corrected chi connectivity index (χ1v) is 7.17. The molecule has 106 valence electrons. The van der Waals surface area contributed by atoms with Crippen LogP contribution in [0.1, 0.15) is 19.4 Å². The fraction of sp³-hybridized carbons (Fsp3) is 0.364. The molecule has 0 spiro atoms. The maximum Gasteiger partial charge on any atom is 0.301 e. The molecular formula is C11H17FN4O2S. The molecule has 0 radical (unpaired) electrons. The van der Waals surface area contributed by atoms with Crippen molar-refractivity contribution in [2.24, 2.45) is 5.73 Å². The molecule has 0 atom stereocenters. The Morgan fingerprint density at radius 3 is 2.42 bits per heavy atom. The molecule has 1 aromatic carbocycles. The van der Waals surface area contributed by atoms with Crippen LogP contribution in [0.3, 0.4) is 0 Å². The second-order valence-electron chi connectivity index (χ2n) is 3.80. The quantitative estimate of drug-likeness (QED) is 0.540. The Kier molecular flexibility index (Phi) is 4.84. The third kappa shape index (κ3) is 3.65. The van der Waals surface area contributed by atoms with Crippen LogP contribution < -0.4 is 10.5 Å². The molecule has 0 saturated carbocycles. The molecule has 4 N–H and O–H groups in total. The predicted molar refractivity (Wildman–Crippen MR) is 72.9 cm³/mol. The standard InChI is InChI=1S/C11H17FN4O2S/c1-3-16(4-2)19(17,18)15-10-6-5-8(11(13)14)7-9(10)12/h5-7,15H,3-4H2,1-2H3,(H3,13,14). The minimum absolute atomic E-state index is 0.170. The molecule has 1 rings (SSSR count). The van der Waals surface area contributed by atoms with E-state index in [4.69, 9.17) is 11.1 Å². The van der Waals surface area contributed by atoms with Crippen molar-refractivity contribution >= 4 is 21.7 Å². The first kappa shape index (κ1) is 15.4. The van der Waals surface area contributed by atoms with Crippen LogP contribution in [0.4, 0.5) is 10.1 Å². The molecule has 0 unspecified atom stereocenters. The molecule has 0 aliphatic carbocycles. The van der Waals surface area contributed by atoms with Crippen LogP contribution in [0.25, 0.3) is 0 Å². The zero-order valence-electron chi connectivity index (χ0n) is 10.8. The van der Waals surface area contributed by atoms with E-state index in [9.17, 15) is 12.8 Å². The number of hydrogen-bond donors (Lipinski definition) is 3. The average molecular weight is 288 g/mol. The van der Waals surface area contributed by atoms with E-state index in [1.807, 2.05) is 0 Å². The van der Waals surface area contributed by atoms with E-state index in [2.05, 4.69) is 4.72 Å². The van der Waals surface area contributed by atoms with Crippen LogP contribution in [-0.4, -0.2) is 31.6 Å². The Morgan fingerprint density at radius 2 is 2.00 bits per heavy atom. The van der Waals surface area contributed by atoms with Crippen LogP contribution in [0.5, 0.6) is 0 Å². The first-order chi connectivity index (χ1) is 8.81. The summed E-state index contributed by atoms with van der Waals surface area (Å²) in [5, 5.41) is 7.17. The van der Waals surface area contributed by atoms with Crippen molar-refractivity contribution in [3.63, 3.8) is 0 Å². The minimum atomic E-state index is -3.77. The van der Waals surface area contributed by atoms with Gasteiger partial charge in [0.1, 0.15) is 11.7 Å². The van der Waals surface area contributed by atoms with E-state index >= 15 is 0 Å². The number of nitrogen functional groups attached to an aromatic ring is 1. The molecule has 0 saturated heterocycles. The summed E-state index contributed by atoms with van der Waals surface area (Å²) in [4.78, 5) is 0. The number of nitrogens with two attached hydrogens (primary N) is 1. The first-order valence-electron chi connectivity index (χ1n) is 5.73. The van der Waals surface area contributed by atoms with Gasteiger partial charge in [-0.1, -0.05) is 13.8 Å². The summed E-state index contributed by atoms with van der Waals surface area (Å²) in [5.74, 6) is -1.06. The highest BCUT2D eigenvalue weighted by Gasteiger charge is 2.20. The molecule has 0 bridgehead atoms. The van der Waals surface area contributed by atoms with E-state index in [0.717, 1.165) is 6.07 Å². The van der Waals surface area contributed by atoms with Gasteiger partial charge in [0.05, 0.1) is 5.69 Å². The van der Waals surface area contributed by atoms with Gasteiger partial charge in [0.15, 0.2) is 0 Å². The lowest BCUT2D eigenvalue weighted by atomic mass is 10.2. The predicted octanol–water partition coefficient (Wildman–Crippen LogP) is 1.11. The largest absolute Gasteiger partial charge is 0.384 e. The van der Waals surface area contributed by atoms with Gasteiger partial charge in [-0.15, -0.1) is 0 Å². The van der Waals surface area contributed by atoms with E-state index in [1.165, 1.54) is 16.4 Å². The summed E-state index contributed by atoms with van der Waals surface area (Å²) in [6.07, 6.45) is 0. The maximum atomic E-state index is 13.7. The molecule has 0 aromatic heterocycles. The van der Waals surface area contributed by atoms with Crippen LogP contribution in [0, 0.1) is 11.2 Å². The van der Waals surface area contributed by atoms with Gasteiger partial charge in [0, 0.05) is 18.7 Å². The zero-order chi connectivity index (χ0) is 14.6. The average Bonchev–Trinajstić information content (AvgIpc) is 2.32. The summed E-state index contributed by atoms with van der Waals surface area (Å²) < 4.78 is 40.9.